The molecular weight excluding hydrogens is 218 g/mol. The molecule has 0 saturated heterocycles. The molecule has 6 heteroatoms. The molecule has 17 heavy (non-hydrogen) atoms. The van der Waals surface area contributed by atoms with Gasteiger partial charge in [-0.2, -0.15) is 5.10 Å². The van der Waals surface area contributed by atoms with Crippen molar-refractivity contribution in [2.45, 2.75) is 19.9 Å². The predicted octanol–water partition coefficient (Wildman–Crippen LogP) is 0.636. The van der Waals surface area contributed by atoms with E-state index in [1.807, 2.05) is 14.0 Å². The van der Waals surface area contributed by atoms with E-state index in [9.17, 15) is 4.79 Å². The predicted molar refractivity (Wildman–Crippen MR) is 62.3 cm³/mol. The van der Waals surface area contributed by atoms with Crippen LogP contribution in [0, 0.1) is 0 Å². The smallest absolute Gasteiger partial charge is 0.255 e. The maximum atomic E-state index is 11.9. The third-order valence-electron chi connectivity index (χ3n) is 2.48. The van der Waals surface area contributed by atoms with Gasteiger partial charge in [-0.1, -0.05) is 6.92 Å². The molecule has 0 aliphatic heterocycles. The van der Waals surface area contributed by atoms with Crippen LogP contribution >= 0.6 is 0 Å². The molecule has 0 bridgehead atoms. The zero-order valence-electron chi connectivity index (χ0n) is 9.90. The molecule has 0 unspecified atom stereocenters. The molecule has 0 saturated carbocycles. The lowest BCUT2D eigenvalue weighted by Crippen LogP contribution is -2.23. The average molecular weight is 233 g/mol. The van der Waals surface area contributed by atoms with Gasteiger partial charge in [0.1, 0.15) is 0 Å². The van der Waals surface area contributed by atoms with Crippen molar-refractivity contribution < 1.29 is 4.79 Å². The maximum absolute atomic E-state index is 11.9. The van der Waals surface area contributed by atoms with Crippen LogP contribution in [-0.4, -0.2) is 25.7 Å². The van der Waals surface area contributed by atoms with Gasteiger partial charge in [0.25, 0.3) is 5.91 Å². The molecule has 90 valence electrons. The minimum absolute atomic E-state index is 0.107. The minimum Gasteiger partial charge on any atom is -0.347 e. The first-order valence-corrected chi connectivity index (χ1v) is 5.48. The number of amides is 1. The Labute approximate surface area is 99.1 Å². The lowest BCUT2D eigenvalue weighted by molar-refractivity contribution is 0.0949. The van der Waals surface area contributed by atoms with Gasteiger partial charge in [0, 0.05) is 19.4 Å². The number of rotatable bonds is 4. The number of carbonyl (C=O) groups excluding carboxylic acids is 1. The van der Waals surface area contributed by atoms with E-state index in [2.05, 4.69) is 20.4 Å². The largest absolute Gasteiger partial charge is 0.347 e. The number of aryl methyl sites for hydroxylation is 2. The quantitative estimate of drug-likeness (QED) is 0.813. The highest BCUT2D eigenvalue weighted by atomic mass is 16.1. The van der Waals surface area contributed by atoms with Crippen LogP contribution in [0.3, 0.4) is 0 Å². The number of imidazole rings is 1. The molecule has 2 heterocycles. The summed E-state index contributed by atoms with van der Waals surface area (Å²) in [5, 5.41) is 7.06. The highest BCUT2D eigenvalue weighted by Crippen LogP contribution is 2.07. The average Bonchev–Trinajstić information content (AvgIpc) is 2.94. The normalized spacial score (nSPS) is 10.5. The standard InChI is InChI=1S/C11H15N5O/c1-3-10-9(6-16(2)15-10)11(17)13-5-8-4-12-7-14-8/h4,6-7H,3,5H2,1-2H3,(H,12,14)(H,13,17). The van der Waals surface area contributed by atoms with Crippen LogP contribution in [-0.2, 0) is 20.0 Å². The van der Waals surface area contributed by atoms with Gasteiger partial charge >= 0.3 is 0 Å². The van der Waals surface area contributed by atoms with Crippen LogP contribution < -0.4 is 5.32 Å². The highest BCUT2D eigenvalue weighted by molar-refractivity contribution is 5.95. The Morgan fingerprint density at radius 3 is 3.06 bits per heavy atom. The summed E-state index contributed by atoms with van der Waals surface area (Å²) in [6.45, 7) is 2.42. The van der Waals surface area contributed by atoms with Crippen molar-refractivity contribution in [3.05, 3.63) is 35.7 Å². The molecule has 0 fully saturated rings. The van der Waals surface area contributed by atoms with Crippen molar-refractivity contribution in [1.82, 2.24) is 25.1 Å². The Kier molecular flexibility index (Phi) is 3.22. The molecule has 6 nitrogen and oxygen atoms in total. The Morgan fingerprint density at radius 2 is 2.41 bits per heavy atom. The molecule has 2 aromatic heterocycles. The summed E-state index contributed by atoms with van der Waals surface area (Å²) in [5.74, 6) is -0.107. The second-order valence-corrected chi connectivity index (χ2v) is 3.78. The van der Waals surface area contributed by atoms with E-state index >= 15 is 0 Å². The van der Waals surface area contributed by atoms with E-state index in [0.29, 0.717) is 12.1 Å². The molecule has 0 atom stereocenters. The summed E-state index contributed by atoms with van der Waals surface area (Å²) < 4.78 is 1.66. The number of aromatic nitrogens is 4. The molecule has 2 aromatic rings. The second kappa shape index (κ2) is 4.82. The lowest BCUT2D eigenvalue weighted by atomic mass is 10.2. The summed E-state index contributed by atoms with van der Waals surface area (Å²) in [6.07, 6.45) is 5.75. The Hall–Kier alpha value is -2.11. The summed E-state index contributed by atoms with van der Waals surface area (Å²) in [5.41, 5.74) is 2.32. The van der Waals surface area contributed by atoms with Gasteiger partial charge in [-0.25, -0.2) is 4.98 Å². The number of aromatic amines is 1. The first kappa shape index (κ1) is 11.4. The fourth-order valence-electron chi connectivity index (χ4n) is 1.64. The van der Waals surface area contributed by atoms with Crippen LogP contribution in [0.4, 0.5) is 0 Å². The molecule has 2 N–H and O–H groups in total. The Bertz CT molecular complexity index is 500. The summed E-state index contributed by atoms with van der Waals surface area (Å²) >= 11 is 0. The highest BCUT2D eigenvalue weighted by Gasteiger charge is 2.13. The second-order valence-electron chi connectivity index (χ2n) is 3.78. The zero-order chi connectivity index (χ0) is 12.3. The van der Waals surface area contributed by atoms with Gasteiger partial charge in [0.05, 0.1) is 29.8 Å². The maximum Gasteiger partial charge on any atom is 0.255 e. The van der Waals surface area contributed by atoms with Crippen LogP contribution in [0.15, 0.2) is 18.7 Å². The van der Waals surface area contributed by atoms with E-state index < -0.39 is 0 Å². The topological polar surface area (TPSA) is 75.6 Å². The number of nitrogens with zero attached hydrogens (tertiary/aromatic N) is 3. The number of H-pyrrole nitrogens is 1. The molecule has 0 aliphatic carbocycles. The van der Waals surface area contributed by atoms with Crippen molar-refractivity contribution in [3.8, 4) is 0 Å². The van der Waals surface area contributed by atoms with Gasteiger partial charge in [-0.15, -0.1) is 0 Å². The fraction of sp³-hybridized carbons (Fsp3) is 0.364. The number of hydrogen-bond donors (Lipinski definition) is 2. The van der Waals surface area contributed by atoms with E-state index in [1.165, 1.54) is 0 Å². The van der Waals surface area contributed by atoms with E-state index in [0.717, 1.165) is 17.8 Å². The van der Waals surface area contributed by atoms with E-state index in [4.69, 9.17) is 0 Å². The van der Waals surface area contributed by atoms with Crippen LogP contribution in [0.5, 0.6) is 0 Å². The molecule has 0 spiro atoms. The monoisotopic (exact) mass is 233 g/mol. The van der Waals surface area contributed by atoms with Crippen LogP contribution in [0.25, 0.3) is 0 Å². The number of hydrogen-bond acceptors (Lipinski definition) is 3. The molecule has 0 aromatic carbocycles. The van der Waals surface area contributed by atoms with E-state index in [1.54, 1.807) is 23.4 Å². The summed E-state index contributed by atoms with van der Waals surface area (Å²) in [7, 11) is 1.81. The first-order valence-electron chi connectivity index (χ1n) is 5.48. The lowest BCUT2D eigenvalue weighted by Gasteiger charge is -2.02. The third kappa shape index (κ3) is 2.52. The van der Waals surface area contributed by atoms with Crippen molar-refractivity contribution in [3.63, 3.8) is 0 Å². The van der Waals surface area contributed by atoms with Crippen LogP contribution in [0.1, 0.15) is 28.7 Å². The van der Waals surface area contributed by atoms with Gasteiger partial charge in [-0.3, -0.25) is 9.48 Å². The number of carbonyl (C=O) groups is 1. The SMILES string of the molecule is CCc1nn(C)cc1C(=O)NCc1cnc[nH]1. The van der Waals surface area contributed by atoms with Gasteiger partial charge in [0.2, 0.25) is 0 Å². The molecule has 0 aliphatic rings. The van der Waals surface area contributed by atoms with Gasteiger partial charge in [0.15, 0.2) is 0 Å². The minimum atomic E-state index is -0.107. The summed E-state index contributed by atoms with van der Waals surface area (Å²) in [4.78, 5) is 18.8. The zero-order valence-corrected chi connectivity index (χ0v) is 9.90. The molecular formula is C11H15N5O. The van der Waals surface area contributed by atoms with Gasteiger partial charge in [-0.05, 0) is 6.42 Å². The Morgan fingerprint density at radius 1 is 1.59 bits per heavy atom. The van der Waals surface area contributed by atoms with Crippen molar-refractivity contribution in [2.75, 3.05) is 0 Å². The first-order chi connectivity index (χ1) is 8.20. The molecule has 0 radical (unpaired) electrons. The Balaban J connectivity index is 2.04. The van der Waals surface area contributed by atoms with Gasteiger partial charge < -0.3 is 10.3 Å². The van der Waals surface area contributed by atoms with Crippen molar-refractivity contribution >= 4 is 5.91 Å². The molecule has 2 rings (SSSR count). The van der Waals surface area contributed by atoms with Crippen molar-refractivity contribution in [2.24, 2.45) is 7.05 Å². The van der Waals surface area contributed by atoms with Crippen molar-refractivity contribution in [1.29, 1.82) is 0 Å². The molecule has 1 amide bonds. The third-order valence-corrected chi connectivity index (χ3v) is 2.48. The number of nitrogens with one attached hydrogen (secondary N) is 2. The fourth-order valence-corrected chi connectivity index (χ4v) is 1.64. The van der Waals surface area contributed by atoms with Crippen LogP contribution in [0.2, 0.25) is 0 Å². The summed E-state index contributed by atoms with van der Waals surface area (Å²) in [6, 6.07) is 0. The van der Waals surface area contributed by atoms with E-state index in [-0.39, 0.29) is 5.91 Å².